The summed E-state index contributed by atoms with van der Waals surface area (Å²) in [5.41, 5.74) is 2.80. The molecule has 0 aliphatic carbocycles. The van der Waals surface area contributed by atoms with Crippen molar-refractivity contribution in [1.29, 1.82) is 5.26 Å². The highest BCUT2D eigenvalue weighted by Gasteiger charge is 2.26. The van der Waals surface area contributed by atoms with Gasteiger partial charge in [-0.2, -0.15) is 5.26 Å². The number of amides is 3. The predicted molar refractivity (Wildman–Crippen MR) is 123 cm³/mol. The molecule has 168 valence electrons. The maximum absolute atomic E-state index is 12.9. The first kappa shape index (κ1) is 24.5. The monoisotopic (exact) mass is 435 g/mol. The van der Waals surface area contributed by atoms with Gasteiger partial charge in [0.15, 0.2) is 6.29 Å². The van der Waals surface area contributed by atoms with E-state index in [-0.39, 0.29) is 24.2 Å². The first-order valence-corrected chi connectivity index (χ1v) is 10.5. The van der Waals surface area contributed by atoms with Crippen LogP contribution in [-0.2, 0) is 17.8 Å². The van der Waals surface area contributed by atoms with Crippen molar-refractivity contribution in [2.24, 2.45) is 0 Å². The van der Waals surface area contributed by atoms with Crippen molar-refractivity contribution in [2.45, 2.75) is 46.6 Å². The summed E-state index contributed by atoms with van der Waals surface area (Å²) in [7, 11) is 1.66. The van der Waals surface area contributed by atoms with Gasteiger partial charge in [-0.05, 0) is 56.0 Å². The zero-order valence-corrected chi connectivity index (χ0v) is 19.0. The van der Waals surface area contributed by atoms with Crippen molar-refractivity contribution in [3.63, 3.8) is 0 Å². The number of nitriles is 1. The van der Waals surface area contributed by atoms with Crippen molar-refractivity contribution in [1.82, 2.24) is 15.2 Å². The first-order valence-electron chi connectivity index (χ1n) is 10.5. The third-order valence-corrected chi connectivity index (χ3v) is 5.06. The second kappa shape index (κ2) is 11.6. The van der Waals surface area contributed by atoms with E-state index in [0.29, 0.717) is 35.5 Å². The average Bonchev–Trinajstić information content (AvgIpc) is 2.78. The molecule has 0 radical (unpaired) electrons. The quantitative estimate of drug-likeness (QED) is 0.400. The molecule has 32 heavy (non-hydrogen) atoms. The Labute approximate surface area is 188 Å². The van der Waals surface area contributed by atoms with Crippen LogP contribution < -0.4 is 10.2 Å². The van der Waals surface area contributed by atoms with Gasteiger partial charge in [-0.3, -0.25) is 14.5 Å². The lowest BCUT2D eigenvalue weighted by Crippen LogP contribution is -2.43. The SMILES string of the molecule is CC/C=C/C(C#N)=C\C=C(/C)NC(=O)N1CCCc2cc(CN(C)C(C)=O)c(C=O)nc21. The number of nitrogens with zero attached hydrogens (tertiary/aromatic N) is 4. The molecule has 0 saturated carbocycles. The number of urea groups is 1. The third kappa shape index (κ3) is 6.38. The highest BCUT2D eigenvalue weighted by molar-refractivity contribution is 5.94. The normalized spacial score (nSPS) is 14.0. The van der Waals surface area contributed by atoms with E-state index >= 15 is 0 Å². The summed E-state index contributed by atoms with van der Waals surface area (Å²) in [6.07, 6.45) is 9.91. The second-order valence-electron chi connectivity index (χ2n) is 7.59. The molecule has 2 heterocycles. The standard InChI is InChI=1S/C24H29N5O3/c1-5-6-8-19(14-25)11-10-17(2)26-24(32)29-12-7-9-20-13-21(15-28(4)18(3)31)22(16-30)27-23(20)29/h6,8,10-11,13,16H,5,7,9,12,15H2,1-4H3,(H,26,32)/b8-6+,17-10+,19-11+. The predicted octanol–water partition coefficient (Wildman–Crippen LogP) is 3.65. The highest BCUT2D eigenvalue weighted by atomic mass is 16.2. The number of rotatable bonds is 7. The van der Waals surface area contributed by atoms with Crippen LogP contribution in [0.1, 0.15) is 55.2 Å². The number of aromatic nitrogens is 1. The number of hydrogen-bond acceptors (Lipinski definition) is 5. The van der Waals surface area contributed by atoms with Crippen molar-refractivity contribution in [3.05, 3.63) is 58.5 Å². The lowest BCUT2D eigenvalue weighted by atomic mass is 10.0. The molecule has 0 unspecified atom stereocenters. The minimum Gasteiger partial charge on any atom is -0.342 e. The zero-order valence-electron chi connectivity index (χ0n) is 19.0. The number of pyridine rings is 1. The van der Waals surface area contributed by atoms with Gasteiger partial charge in [0.25, 0.3) is 0 Å². The van der Waals surface area contributed by atoms with E-state index in [0.717, 1.165) is 24.8 Å². The summed E-state index contributed by atoms with van der Waals surface area (Å²) >= 11 is 0. The summed E-state index contributed by atoms with van der Waals surface area (Å²) in [6, 6.07) is 3.60. The second-order valence-corrected chi connectivity index (χ2v) is 7.59. The van der Waals surface area contributed by atoms with E-state index in [1.807, 2.05) is 19.1 Å². The first-order chi connectivity index (χ1) is 15.3. The van der Waals surface area contributed by atoms with Crippen LogP contribution >= 0.6 is 0 Å². The Bertz CT molecular complexity index is 1020. The van der Waals surface area contributed by atoms with Gasteiger partial charge in [-0.25, -0.2) is 9.78 Å². The Morgan fingerprint density at radius 3 is 2.72 bits per heavy atom. The minimum atomic E-state index is -0.353. The van der Waals surface area contributed by atoms with Crippen LogP contribution in [0, 0.1) is 11.3 Å². The number of fused-ring (bicyclic) bond motifs is 1. The van der Waals surface area contributed by atoms with Gasteiger partial charge in [-0.15, -0.1) is 0 Å². The van der Waals surface area contributed by atoms with Gasteiger partial charge >= 0.3 is 6.03 Å². The molecule has 8 nitrogen and oxygen atoms in total. The molecule has 1 aliphatic heterocycles. The Balaban J connectivity index is 2.25. The molecule has 0 atom stereocenters. The van der Waals surface area contributed by atoms with E-state index in [4.69, 9.17) is 5.26 Å². The maximum Gasteiger partial charge on any atom is 0.327 e. The van der Waals surface area contributed by atoms with Crippen molar-refractivity contribution in [3.8, 4) is 6.07 Å². The molecule has 2 rings (SSSR count). The topological polar surface area (TPSA) is 106 Å². The largest absolute Gasteiger partial charge is 0.342 e. The average molecular weight is 436 g/mol. The van der Waals surface area contributed by atoms with Crippen LogP contribution in [0.3, 0.4) is 0 Å². The number of hydrogen-bond donors (Lipinski definition) is 1. The third-order valence-electron chi connectivity index (χ3n) is 5.06. The van der Waals surface area contributed by atoms with Crippen LogP contribution in [0.2, 0.25) is 0 Å². The van der Waals surface area contributed by atoms with Crippen molar-refractivity contribution >= 4 is 24.0 Å². The van der Waals surface area contributed by atoms with Gasteiger partial charge in [0.05, 0.1) is 11.6 Å². The molecular weight excluding hydrogens is 406 g/mol. The number of aryl methyl sites for hydroxylation is 1. The molecule has 1 aromatic heterocycles. The van der Waals surface area contributed by atoms with Crippen LogP contribution in [0.5, 0.6) is 0 Å². The molecule has 1 aliphatic rings. The molecule has 1 N–H and O–H groups in total. The van der Waals surface area contributed by atoms with Crippen LogP contribution in [0.15, 0.2) is 41.6 Å². The van der Waals surface area contributed by atoms with Gasteiger partial charge in [0.2, 0.25) is 5.91 Å². The van der Waals surface area contributed by atoms with Crippen molar-refractivity contribution < 1.29 is 14.4 Å². The fraction of sp³-hybridized carbons (Fsp3) is 0.375. The van der Waals surface area contributed by atoms with E-state index < -0.39 is 0 Å². The smallest absolute Gasteiger partial charge is 0.327 e. The molecule has 1 aromatic rings. The highest BCUT2D eigenvalue weighted by Crippen LogP contribution is 2.27. The fourth-order valence-corrected chi connectivity index (χ4v) is 3.22. The summed E-state index contributed by atoms with van der Waals surface area (Å²) in [5, 5.41) is 12.0. The Kier molecular flexibility index (Phi) is 8.90. The lowest BCUT2D eigenvalue weighted by Gasteiger charge is -2.29. The molecule has 0 aromatic carbocycles. The van der Waals surface area contributed by atoms with Gasteiger partial charge < -0.3 is 10.2 Å². The van der Waals surface area contributed by atoms with Gasteiger partial charge in [0, 0.05) is 38.3 Å². The Morgan fingerprint density at radius 2 is 2.09 bits per heavy atom. The number of nitrogens with one attached hydrogen (secondary N) is 1. The molecule has 3 amide bonds. The number of carbonyl (C=O) groups excluding carboxylic acids is 3. The minimum absolute atomic E-state index is 0.110. The zero-order chi connectivity index (χ0) is 23.7. The molecule has 0 bridgehead atoms. The molecule has 0 saturated heterocycles. The number of anilines is 1. The molecule has 0 fully saturated rings. The van der Waals surface area contributed by atoms with Gasteiger partial charge in [0.1, 0.15) is 11.5 Å². The maximum atomic E-state index is 12.9. The van der Waals surface area contributed by atoms with E-state index in [1.165, 1.54) is 16.7 Å². The van der Waals surface area contributed by atoms with E-state index in [9.17, 15) is 14.4 Å². The molecule has 8 heteroatoms. The van der Waals surface area contributed by atoms with Crippen LogP contribution in [0.4, 0.5) is 10.6 Å². The Morgan fingerprint density at radius 1 is 1.34 bits per heavy atom. The molecule has 0 spiro atoms. The number of carbonyl (C=O) groups is 3. The summed E-state index contributed by atoms with van der Waals surface area (Å²) in [5.74, 6) is 0.346. The summed E-state index contributed by atoms with van der Waals surface area (Å²) < 4.78 is 0. The van der Waals surface area contributed by atoms with Crippen LogP contribution in [0.25, 0.3) is 0 Å². The Hall–Kier alpha value is -3.73. The van der Waals surface area contributed by atoms with Crippen LogP contribution in [-0.4, -0.2) is 41.7 Å². The number of aldehydes is 1. The fourth-order valence-electron chi connectivity index (χ4n) is 3.22. The molecular formula is C24H29N5O3. The van der Waals surface area contributed by atoms with E-state index in [1.54, 1.807) is 32.2 Å². The summed E-state index contributed by atoms with van der Waals surface area (Å²) in [4.78, 5) is 43.6. The van der Waals surface area contributed by atoms with Gasteiger partial charge in [-0.1, -0.05) is 13.0 Å². The van der Waals surface area contributed by atoms with Crippen molar-refractivity contribution in [2.75, 3.05) is 18.5 Å². The van der Waals surface area contributed by atoms with E-state index in [2.05, 4.69) is 16.4 Å². The lowest BCUT2D eigenvalue weighted by molar-refractivity contribution is -0.128. The number of allylic oxidation sites excluding steroid dienone is 6. The summed E-state index contributed by atoms with van der Waals surface area (Å²) in [6.45, 7) is 5.93.